The number of rotatable bonds is 2. The third kappa shape index (κ3) is 4.07. The first-order chi connectivity index (χ1) is 16.2. The molecule has 1 atom stereocenters. The number of hydrogen-bond acceptors (Lipinski definition) is 4. The summed E-state index contributed by atoms with van der Waals surface area (Å²) in [6, 6.07) is 12.2. The fourth-order valence-electron chi connectivity index (χ4n) is 5.17. The van der Waals surface area contributed by atoms with E-state index >= 15 is 0 Å². The summed E-state index contributed by atoms with van der Waals surface area (Å²) in [6.45, 7) is 4.79. The number of amides is 3. The molecule has 178 valence electrons. The van der Waals surface area contributed by atoms with Gasteiger partial charge in [0.15, 0.2) is 0 Å². The highest BCUT2D eigenvalue weighted by Crippen LogP contribution is 2.35. The molecule has 0 radical (unpaired) electrons. The van der Waals surface area contributed by atoms with Crippen LogP contribution in [0.1, 0.15) is 30.1 Å². The van der Waals surface area contributed by atoms with Gasteiger partial charge in [-0.3, -0.25) is 14.4 Å². The number of carbonyl (C=O) groups excluding carboxylic acids is 3. The quantitative estimate of drug-likeness (QED) is 0.715. The molecule has 0 bridgehead atoms. The number of halogens is 1. The van der Waals surface area contributed by atoms with Crippen LogP contribution < -0.4 is 5.32 Å². The molecule has 0 saturated carbocycles. The van der Waals surface area contributed by atoms with Gasteiger partial charge in [0.25, 0.3) is 5.91 Å². The number of carbonyl (C=O) groups is 3. The van der Waals surface area contributed by atoms with E-state index in [0.717, 1.165) is 37.1 Å². The Morgan fingerprint density at radius 2 is 1.68 bits per heavy atom. The monoisotopic (exact) mass is 480 g/mol. The highest BCUT2D eigenvalue weighted by Gasteiger charge is 2.45. The zero-order chi connectivity index (χ0) is 24.0. The van der Waals surface area contributed by atoms with Crippen LogP contribution in [0.5, 0.6) is 0 Å². The van der Waals surface area contributed by atoms with Crippen molar-refractivity contribution in [2.75, 3.05) is 45.1 Å². The van der Waals surface area contributed by atoms with Crippen molar-refractivity contribution >= 4 is 35.0 Å². The fourth-order valence-corrected chi connectivity index (χ4v) is 5.29. The van der Waals surface area contributed by atoms with Gasteiger partial charge in [0.05, 0.1) is 17.8 Å². The summed E-state index contributed by atoms with van der Waals surface area (Å²) in [7, 11) is 2.07. The summed E-state index contributed by atoms with van der Waals surface area (Å²) in [5.74, 6) is -0.351. The largest absolute Gasteiger partial charge is 0.338 e. The second-order valence-electron chi connectivity index (χ2n) is 9.89. The number of benzene rings is 2. The van der Waals surface area contributed by atoms with Gasteiger partial charge in [-0.1, -0.05) is 36.7 Å². The maximum atomic E-state index is 13.5. The second kappa shape index (κ2) is 8.71. The van der Waals surface area contributed by atoms with E-state index in [1.807, 2.05) is 43.3 Å². The van der Waals surface area contributed by atoms with E-state index in [2.05, 4.69) is 17.3 Å². The first-order valence-corrected chi connectivity index (χ1v) is 12.1. The average Bonchev–Trinajstić information content (AvgIpc) is 2.95. The fraction of sp³-hybridized carbons (Fsp3) is 0.423. The predicted octanol–water partition coefficient (Wildman–Crippen LogP) is 3.34. The van der Waals surface area contributed by atoms with Crippen molar-refractivity contribution in [1.82, 2.24) is 14.7 Å². The second-order valence-corrected chi connectivity index (χ2v) is 10.3. The molecular weight excluding hydrogens is 452 g/mol. The Bertz CT molecular complexity index is 1140. The Hall–Kier alpha value is -2.90. The molecule has 3 aliphatic rings. The van der Waals surface area contributed by atoms with Crippen LogP contribution in [0.15, 0.2) is 42.5 Å². The molecule has 8 heteroatoms. The molecule has 3 aliphatic heterocycles. The standard InChI is InChI=1S/C26H29ClN4O3/c1-26(9-11-29(2)12-10-26)25(34)30-13-14-31-22(16-30)23(32)28-21-8-5-18(15-20(21)24(31)33)17-3-6-19(27)7-4-17/h3-8,15,22H,9-14,16H2,1-2H3,(H,28,32). The van der Waals surface area contributed by atoms with E-state index in [-0.39, 0.29) is 24.3 Å². The van der Waals surface area contributed by atoms with Crippen LogP contribution in [0, 0.1) is 5.41 Å². The highest BCUT2D eigenvalue weighted by atomic mass is 35.5. The van der Waals surface area contributed by atoms with Crippen molar-refractivity contribution in [3.8, 4) is 11.1 Å². The van der Waals surface area contributed by atoms with Crippen LogP contribution in [0.3, 0.4) is 0 Å². The molecule has 2 fully saturated rings. The Balaban J connectivity index is 1.38. The number of anilines is 1. The van der Waals surface area contributed by atoms with Gasteiger partial charge in [-0.2, -0.15) is 0 Å². The highest BCUT2D eigenvalue weighted by molar-refractivity contribution is 6.30. The minimum Gasteiger partial charge on any atom is -0.338 e. The van der Waals surface area contributed by atoms with E-state index in [9.17, 15) is 14.4 Å². The third-order valence-electron chi connectivity index (χ3n) is 7.52. The molecule has 3 amide bonds. The molecule has 1 unspecified atom stereocenters. The van der Waals surface area contributed by atoms with Crippen LogP contribution in [0.25, 0.3) is 11.1 Å². The topological polar surface area (TPSA) is 73.0 Å². The van der Waals surface area contributed by atoms with Gasteiger partial charge in [0.1, 0.15) is 6.04 Å². The molecular formula is C26H29ClN4O3. The van der Waals surface area contributed by atoms with Crippen molar-refractivity contribution in [2.24, 2.45) is 5.41 Å². The smallest absolute Gasteiger partial charge is 0.256 e. The number of piperazine rings is 1. The summed E-state index contributed by atoms with van der Waals surface area (Å²) in [6.07, 6.45) is 1.61. The molecule has 2 aromatic carbocycles. The lowest BCUT2D eigenvalue weighted by atomic mass is 9.79. The molecule has 0 spiro atoms. The van der Waals surface area contributed by atoms with Crippen molar-refractivity contribution < 1.29 is 14.4 Å². The van der Waals surface area contributed by atoms with Gasteiger partial charge in [-0.05, 0) is 68.4 Å². The number of likely N-dealkylation sites (tertiary alicyclic amines) is 1. The number of nitrogens with zero attached hydrogens (tertiary/aromatic N) is 3. The third-order valence-corrected chi connectivity index (χ3v) is 7.78. The van der Waals surface area contributed by atoms with Crippen LogP contribution in [-0.2, 0) is 9.59 Å². The SMILES string of the molecule is CN1CCC(C)(C(=O)N2CCN3C(=O)c4cc(-c5ccc(Cl)cc5)ccc4NC(=O)C3C2)CC1. The molecule has 34 heavy (non-hydrogen) atoms. The molecule has 0 aromatic heterocycles. The molecule has 5 rings (SSSR count). The minimum atomic E-state index is -0.702. The van der Waals surface area contributed by atoms with Crippen LogP contribution in [0.4, 0.5) is 5.69 Å². The maximum Gasteiger partial charge on any atom is 0.256 e. The van der Waals surface area contributed by atoms with Crippen LogP contribution in [0.2, 0.25) is 5.02 Å². The zero-order valence-electron chi connectivity index (χ0n) is 19.5. The van der Waals surface area contributed by atoms with Gasteiger partial charge >= 0.3 is 0 Å². The Morgan fingerprint density at radius 1 is 1.00 bits per heavy atom. The lowest BCUT2D eigenvalue weighted by molar-refractivity contribution is -0.147. The van der Waals surface area contributed by atoms with E-state index in [4.69, 9.17) is 11.6 Å². The van der Waals surface area contributed by atoms with Crippen LogP contribution in [-0.4, -0.2) is 78.2 Å². The number of nitrogens with one attached hydrogen (secondary N) is 1. The summed E-state index contributed by atoms with van der Waals surface area (Å²) in [4.78, 5) is 45.8. The molecule has 7 nitrogen and oxygen atoms in total. The number of fused-ring (bicyclic) bond motifs is 2. The Labute approximate surface area is 204 Å². The van der Waals surface area contributed by atoms with E-state index < -0.39 is 11.5 Å². The first kappa shape index (κ1) is 22.9. The lowest BCUT2D eigenvalue weighted by Gasteiger charge is -2.44. The Kier molecular flexibility index (Phi) is 5.86. The summed E-state index contributed by atoms with van der Waals surface area (Å²) >= 11 is 6.01. The molecule has 0 aliphatic carbocycles. The van der Waals surface area contributed by atoms with Gasteiger partial charge in [0, 0.05) is 23.5 Å². The van der Waals surface area contributed by atoms with Gasteiger partial charge in [0.2, 0.25) is 11.8 Å². The lowest BCUT2D eigenvalue weighted by Crippen LogP contribution is -2.61. The van der Waals surface area contributed by atoms with E-state index in [1.165, 1.54) is 0 Å². The zero-order valence-corrected chi connectivity index (χ0v) is 20.3. The number of hydrogen-bond donors (Lipinski definition) is 1. The van der Waals surface area contributed by atoms with Crippen LogP contribution >= 0.6 is 11.6 Å². The van der Waals surface area contributed by atoms with Gasteiger partial charge in [-0.25, -0.2) is 0 Å². The van der Waals surface area contributed by atoms with Gasteiger partial charge in [-0.15, -0.1) is 0 Å². The first-order valence-electron chi connectivity index (χ1n) is 11.7. The maximum absolute atomic E-state index is 13.5. The molecule has 2 aromatic rings. The number of piperidine rings is 1. The molecule has 2 saturated heterocycles. The van der Waals surface area contributed by atoms with Crippen molar-refractivity contribution in [1.29, 1.82) is 0 Å². The predicted molar refractivity (Wildman–Crippen MR) is 132 cm³/mol. The van der Waals surface area contributed by atoms with E-state index in [1.54, 1.807) is 15.9 Å². The minimum absolute atomic E-state index is 0.0901. The van der Waals surface area contributed by atoms with Crippen molar-refractivity contribution in [3.05, 3.63) is 53.1 Å². The van der Waals surface area contributed by atoms with Crippen molar-refractivity contribution in [3.63, 3.8) is 0 Å². The molecule has 3 heterocycles. The summed E-state index contributed by atoms with van der Waals surface area (Å²) in [5.41, 5.74) is 2.36. The normalized spacial score (nSPS) is 22.5. The molecule has 1 N–H and O–H groups in total. The Morgan fingerprint density at radius 3 is 2.38 bits per heavy atom. The van der Waals surface area contributed by atoms with Gasteiger partial charge < -0.3 is 20.0 Å². The van der Waals surface area contributed by atoms with Crippen molar-refractivity contribution in [2.45, 2.75) is 25.8 Å². The summed E-state index contributed by atoms with van der Waals surface area (Å²) in [5, 5.41) is 3.57. The summed E-state index contributed by atoms with van der Waals surface area (Å²) < 4.78 is 0. The average molecular weight is 481 g/mol. The van der Waals surface area contributed by atoms with E-state index in [0.29, 0.717) is 29.4 Å².